The molecule has 0 aliphatic carbocycles. The van der Waals surface area contributed by atoms with Crippen molar-refractivity contribution in [1.82, 2.24) is 0 Å². The van der Waals surface area contributed by atoms with Gasteiger partial charge in [0.2, 0.25) is 0 Å². The molecule has 1 N–H and O–H groups in total. The quantitative estimate of drug-likeness (QED) is 0.720. The van der Waals surface area contributed by atoms with Crippen molar-refractivity contribution >= 4 is 0 Å². The summed E-state index contributed by atoms with van der Waals surface area (Å²) in [6.45, 7) is 1.50. The summed E-state index contributed by atoms with van der Waals surface area (Å²) in [6.07, 6.45) is 3.57. The Kier molecular flexibility index (Phi) is 3.21. The molecule has 1 atom stereocenters. The third-order valence-corrected chi connectivity index (χ3v) is 1.96. The molecular formula is C11H10F2O. The number of aliphatic hydroxyl groups is 1. The van der Waals surface area contributed by atoms with E-state index >= 15 is 0 Å². The van der Waals surface area contributed by atoms with Crippen LogP contribution in [0.5, 0.6) is 0 Å². The number of terminal acetylenes is 1. The first kappa shape index (κ1) is 10.7. The number of aliphatic hydroxyl groups excluding tert-OH is 1. The van der Waals surface area contributed by atoms with Gasteiger partial charge in [0.15, 0.2) is 0 Å². The summed E-state index contributed by atoms with van der Waals surface area (Å²) in [5, 5.41) is 9.38. The van der Waals surface area contributed by atoms with Crippen molar-refractivity contribution in [2.75, 3.05) is 0 Å². The van der Waals surface area contributed by atoms with Gasteiger partial charge in [-0.3, -0.25) is 0 Å². The van der Waals surface area contributed by atoms with Crippen molar-refractivity contribution < 1.29 is 13.9 Å². The lowest BCUT2D eigenvalue weighted by molar-refractivity contribution is 0.173. The topological polar surface area (TPSA) is 20.2 Å². The minimum Gasteiger partial charge on any atom is -0.387 e. The van der Waals surface area contributed by atoms with Crippen LogP contribution in [0.1, 0.15) is 23.7 Å². The lowest BCUT2D eigenvalue weighted by Crippen LogP contribution is -2.04. The van der Waals surface area contributed by atoms with E-state index in [1.165, 1.54) is 13.0 Å². The monoisotopic (exact) mass is 196 g/mol. The first-order chi connectivity index (χ1) is 6.57. The van der Waals surface area contributed by atoms with Crippen molar-refractivity contribution in [2.45, 2.75) is 19.4 Å². The molecule has 0 radical (unpaired) electrons. The van der Waals surface area contributed by atoms with E-state index in [4.69, 9.17) is 6.42 Å². The predicted molar refractivity (Wildman–Crippen MR) is 49.5 cm³/mol. The van der Waals surface area contributed by atoms with Crippen LogP contribution in [0.2, 0.25) is 0 Å². The molecule has 0 aromatic heterocycles. The zero-order chi connectivity index (χ0) is 10.7. The highest BCUT2D eigenvalue weighted by molar-refractivity contribution is 5.28. The first-order valence-electron chi connectivity index (χ1n) is 4.14. The fraction of sp³-hybridized carbons (Fsp3) is 0.273. The molecule has 0 heterocycles. The van der Waals surface area contributed by atoms with Crippen molar-refractivity contribution in [3.63, 3.8) is 0 Å². The summed E-state index contributed by atoms with van der Waals surface area (Å²) < 4.78 is 26.5. The number of hydrogen-bond donors (Lipinski definition) is 1. The van der Waals surface area contributed by atoms with Gasteiger partial charge in [-0.25, -0.2) is 8.78 Å². The summed E-state index contributed by atoms with van der Waals surface area (Å²) in [7, 11) is 0. The lowest BCUT2D eigenvalue weighted by Gasteiger charge is -2.11. The maximum absolute atomic E-state index is 13.4. The van der Waals surface area contributed by atoms with E-state index in [2.05, 4.69) is 5.92 Å². The molecule has 1 aromatic carbocycles. The van der Waals surface area contributed by atoms with Gasteiger partial charge in [-0.1, -0.05) is 6.07 Å². The second kappa shape index (κ2) is 4.21. The number of rotatable bonds is 2. The normalized spacial score (nSPS) is 12.2. The van der Waals surface area contributed by atoms with E-state index in [0.717, 1.165) is 6.07 Å². The molecule has 0 fully saturated rings. The van der Waals surface area contributed by atoms with Crippen molar-refractivity contribution in [2.24, 2.45) is 0 Å². The van der Waals surface area contributed by atoms with E-state index < -0.39 is 17.7 Å². The summed E-state index contributed by atoms with van der Waals surface area (Å²) in [6, 6.07) is 2.43. The van der Waals surface area contributed by atoms with E-state index in [1.54, 1.807) is 0 Å². The minimum atomic E-state index is -1.28. The Balaban J connectivity index is 3.19. The Morgan fingerprint density at radius 1 is 1.50 bits per heavy atom. The zero-order valence-electron chi connectivity index (χ0n) is 7.72. The van der Waals surface area contributed by atoms with Crippen molar-refractivity contribution in [1.29, 1.82) is 0 Å². The summed E-state index contributed by atoms with van der Waals surface area (Å²) >= 11 is 0. The molecule has 1 rings (SSSR count). The van der Waals surface area contributed by atoms with Gasteiger partial charge in [0.25, 0.3) is 0 Å². The van der Waals surface area contributed by atoms with Gasteiger partial charge in [-0.15, -0.1) is 12.3 Å². The molecule has 14 heavy (non-hydrogen) atoms. The second-order valence-corrected chi connectivity index (χ2v) is 3.02. The average Bonchev–Trinajstić information content (AvgIpc) is 2.13. The van der Waals surface area contributed by atoms with Crippen molar-refractivity contribution in [3.8, 4) is 12.3 Å². The van der Waals surface area contributed by atoms with E-state index in [1.807, 2.05) is 0 Å². The molecule has 1 unspecified atom stereocenters. The van der Waals surface area contributed by atoms with Crippen LogP contribution >= 0.6 is 0 Å². The second-order valence-electron chi connectivity index (χ2n) is 3.02. The highest BCUT2D eigenvalue weighted by atomic mass is 19.1. The van der Waals surface area contributed by atoms with E-state index in [-0.39, 0.29) is 17.5 Å². The van der Waals surface area contributed by atoms with Crippen LogP contribution in [-0.4, -0.2) is 5.11 Å². The standard InChI is InChI=1S/C11H10F2O/c1-3-4-9(14)10-8(12)6-5-7(2)11(10)13/h1,5-6,9,14H,4H2,2H3. The summed E-state index contributed by atoms with van der Waals surface area (Å²) in [5.74, 6) is 0.660. The number of hydrogen-bond acceptors (Lipinski definition) is 1. The largest absolute Gasteiger partial charge is 0.387 e. The molecule has 0 aliphatic rings. The third kappa shape index (κ3) is 1.91. The Hall–Kier alpha value is -1.40. The third-order valence-electron chi connectivity index (χ3n) is 1.96. The summed E-state index contributed by atoms with van der Waals surface area (Å²) in [5.41, 5.74) is -0.0552. The fourth-order valence-corrected chi connectivity index (χ4v) is 1.20. The molecule has 0 bridgehead atoms. The Bertz CT molecular complexity index is 380. The number of halogens is 2. The number of benzene rings is 1. The van der Waals surface area contributed by atoms with Crippen LogP contribution in [-0.2, 0) is 0 Å². The molecular weight excluding hydrogens is 186 g/mol. The van der Waals surface area contributed by atoms with Gasteiger partial charge in [0.05, 0.1) is 11.7 Å². The summed E-state index contributed by atoms with van der Waals surface area (Å²) in [4.78, 5) is 0. The maximum Gasteiger partial charge on any atom is 0.134 e. The smallest absolute Gasteiger partial charge is 0.134 e. The van der Waals surface area contributed by atoms with Gasteiger partial charge < -0.3 is 5.11 Å². The molecule has 0 aliphatic heterocycles. The Morgan fingerprint density at radius 3 is 2.71 bits per heavy atom. The molecule has 0 saturated heterocycles. The SMILES string of the molecule is C#CCC(O)c1c(F)ccc(C)c1F. The molecule has 0 saturated carbocycles. The highest BCUT2D eigenvalue weighted by Gasteiger charge is 2.18. The average molecular weight is 196 g/mol. The molecule has 1 aromatic rings. The van der Waals surface area contributed by atoms with Crippen LogP contribution in [0.15, 0.2) is 12.1 Å². The Morgan fingerprint density at radius 2 is 2.14 bits per heavy atom. The van der Waals surface area contributed by atoms with Crippen LogP contribution in [0.3, 0.4) is 0 Å². The van der Waals surface area contributed by atoms with Gasteiger partial charge in [0, 0.05) is 6.42 Å². The zero-order valence-corrected chi connectivity index (χ0v) is 7.72. The predicted octanol–water partition coefficient (Wildman–Crippen LogP) is 2.33. The van der Waals surface area contributed by atoms with Gasteiger partial charge in [-0.05, 0) is 18.6 Å². The number of aryl methyl sites for hydroxylation is 1. The van der Waals surface area contributed by atoms with E-state index in [0.29, 0.717) is 0 Å². The molecule has 74 valence electrons. The molecule has 0 amide bonds. The van der Waals surface area contributed by atoms with Crippen LogP contribution < -0.4 is 0 Å². The van der Waals surface area contributed by atoms with Gasteiger partial charge in [0.1, 0.15) is 11.6 Å². The van der Waals surface area contributed by atoms with Crippen LogP contribution in [0.25, 0.3) is 0 Å². The molecule has 3 heteroatoms. The molecule has 1 nitrogen and oxygen atoms in total. The van der Waals surface area contributed by atoms with Crippen LogP contribution in [0, 0.1) is 30.9 Å². The first-order valence-corrected chi connectivity index (χ1v) is 4.14. The van der Waals surface area contributed by atoms with Crippen molar-refractivity contribution in [3.05, 3.63) is 34.9 Å². The van der Waals surface area contributed by atoms with E-state index in [9.17, 15) is 13.9 Å². The van der Waals surface area contributed by atoms with Gasteiger partial charge in [-0.2, -0.15) is 0 Å². The van der Waals surface area contributed by atoms with Crippen LogP contribution in [0.4, 0.5) is 8.78 Å². The fourth-order valence-electron chi connectivity index (χ4n) is 1.20. The van der Waals surface area contributed by atoms with Gasteiger partial charge >= 0.3 is 0 Å². The lowest BCUT2D eigenvalue weighted by atomic mass is 10.0. The Labute approximate surface area is 81.4 Å². The molecule has 0 spiro atoms. The maximum atomic E-state index is 13.4. The highest BCUT2D eigenvalue weighted by Crippen LogP contribution is 2.24. The minimum absolute atomic E-state index is 0.0999.